The van der Waals surface area contributed by atoms with Gasteiger partial charge in [0.15, 0.2) is 0 Å². The Kier molecular flexibility index (Phi) is 5.26. The van der Waals surface area contributed by atoms with Gasteiger partial charge in [-0.05, 0) is 43.4 Å². The van der Waals surface area contributed by atoms with Gasteiger partial charge in [0.2, 0.25) is 0 Å². The molecule has 0 aromatic heterocycles. The van der Waals surface area contributed by atoms with Crippen molar-refractivity contribution in [2.24, 2.45) is 0 Å². The average Bonchev–Trinajstić information content (AvgIpc) is 3.31. The van der Waals surface area contributed by atoms with Gasteiger partial charge in [-0.2, -0.15) is 0 Å². The van der Waals surface area contributed by atoms with Gasteiger partial charge in [0.25, 0.3) is 0 Å². The molecule has 116 valence electrons. The van der Waals surface area contributed by atoms with E-state index in [0.29, 0.717) is 12.1 Å². The lowest BCUT2D eigenvalue weighted by Crippen LogP contribution is -2.28. The van der Waals surface area contributed by atoms with E-state index >= 15 is 0 Å². The number of rotatable bonds is 6. The molecule has 2 aliphatic rings. The van der Waals surface area contributed by atoms with Gasteiger partial charge < -0.3 is 10.1 Å². The highest BCUT2D eigenvalue weighted by Crippen LogP contribution is 2.28. The maximum Gasteiger partial charge on any atom is 0.123 e. The molecule has 1 unspecified atom stereocenters. The zero-order valence-electron chi connectivity index (χ0n) is 12.7. The summed E-state index contributed by atoms with van der Waals surface area (Å²) in [5.74, 6) is -0.173. The predicted octanol–water partition coefficient (Wildman–Crippen LogP) is 4.36. The molecular weight excluding hydrogens is 265 g/mol. The maximum atomic E-state index is 13.5. The normalized spacial score (nSPS) is 22.0. The predicted molar refractivity (Wildman–Crippen MR) is 82.7 cm³/mol. The standard InChI is InChI=1S/C18H26FNO/c19-15-7-5-6-14(12-15)18(13-20-16-10-11-16)21-17-8-3-1-2-4-9-17/h5-7,12,16-18,20H,1-4,8-11,13H2. The van der Waals surface area contributed by atoms with Crippen molar-refractivity contribution in [3.63, 3.8) is 0 Å². The molecule has 21 heavy (non-hydrogen) atoms. The van der Waals surface area contributed by atoms with Crippen LogP contribution in [0.25, 0.3) is 0 Å². The van der Waals surface area contributed by atoms with E-state index in [1.807, 2.05) is 6.07 Å². The lowest BCUT2D eigenvalue weighted by molar-refractivity contribution is -0.0204. The molecule has 0 spiro atoms. The summed E-state index contributed by atoms with van der Waals surface area (Å²) in [5.41, 5.74) is 0.965. The third kappa shape index (κ3) is 4.79. The van der Waals surface area contributed by atoms with Gasteiger partial charge in [-0.25, -0.2) is 4.39 Å². The molecule has 0 amide bonds. The Morgan fingerprint density at radius 1 is 1.10 bits per heavy atom. The first kappa shape index (κ1) is 15.0. The van der Waals surface area contributed by atoms with Crippen molar-refractivity contribution in [2.45, 2.75) is 69.6 Å². The van der Waals surface area contributed by atoms with Crippen molar-refractivity contribution in [2.75, 3.05) is 6.54 Å². The van der Waals surface area contributed by atoms with Crippen LogP contribution in [0.2, 0.25) is 0 Å². The molecule has 0 radical (unpaired) electrons. The summed E-state index contributed by atoms with van der Waals surface area (Å²) in [6.07, 6.45) is 10.3. The number of nitrogens with one attached hydrogen (secondary N) is 1. The van der Waals surface area contributed by atoms with Crippen LogP contribution < -0.4 is 5.32 Å². The zero-order chi connectivity index (χ0) is 14.5. The Balaban J connectivity index is 1.64. The lowest BCUT2D eigenvalue weighted by atomic mass is 10.1. The van der Waals surface area contributed by atoms with Crippen molar-refractivity contribution < 1.29 is 9.13 Å². The Morgan fingerprint density at radius 3 is 2.52 bits per heavy atom. The number of hydrogen-bond acceptors (Lipinski definition) is 2. The molecule has 1 atom stereocenters. The van der Waals surface area contributed by atoms with Crippen LogP contribution in [0.1, 0.15) is 63.0 Å². The monoisotopic (exact) mass is 291 g/mol. The highest BCUT2D eigenvalue weighted by Gasteiger charge is 2.25. The molecule has 2 saturated carbocycles. The lowest BCUT2D eigenvalue weighted by Gasteiger charge is -2.25. The first-order chi connectivity index (χ1) is 10.3. The first-order valence-corrected chi connectivity index (χ1v) is 8.45. The van der Waals surface area contributed by atoms with E-state index in [2.05, 4.69) is 5.32 Å². The topological polar surface area (TPSA) is 21.3 Å². The SMILES string of the molecule is Fc1cccc(C(CNC2CC2)OC2CCCCCC2)c1. The van der Waals surface area contributed by atoms with Crippen LogP contribution in [0.4, 0.5) is 4.39 Å². The van der Waals surface area contributed by atoms with Crippen LogP contribution in [0.5, 0.6) is 0 Å². The van der Waals surface area contributed by atoms with E-state index < -0.39 is 0 Å². The summed E-state index contributed by atoms with van der Waals surface area (Å²) in [4.78, 5) is 0. The van der Waals surface area contributed by atoms with Gasteiger partial charge in [-0.15, -0.1) is 0 Å². The van der Waals surface area contributed by atoms with Crippen LogP contribution in [-0.4, -0.2) is 18.7 Å². The Morgan fingerprint density at radius 2 is 1.86 bits per heavy atom. The second-order valence-electron chi connectivity index (χ2n) is 6.48. The van der Waals surface area contributed by atoms with Crippen molar-refractivity contribution in [1.82, 2.24) is 5.32 Å². The minimum absolute atomic E-state index is 0.0237. The van der Waals surface area contributed by atoms with E-state index in [4.69, 9.17) is 4.74 Å². The number of benzene rings is 1. The fraction of sp³-hybridized carbons (Fsp3) is 0.667. The second-order valence-corrected chi connectivity index (χ2v) is 6.48. The third-order valence-corrected chi connectivity index (χ3v) is 4.55. The molecule has 3 rings (SSSR count). The Labute approximate surface area is 127 Å². The molecule has 1 aromatic rings. The minimum atomic E-state index is -0.173. The molecule has 1 N–H and O–H groups in total. The van der Waals surface area contributed by atoms with Crippen LogP contribution >= 0.6 is 0 Å². The quantitative estimate of drug-likeness (QED) is 0.786. The molecular formula is C18H26FNO. The molecule has 3 heteroatoms. The van der Waals surface area contributed by atoms with Crippen LogP contribution in [0.15, 0.2) is 24.3 Å². The number of ether oxygens (including phenoxy) is 1. The maximum absolute atomic E-state index is 13.5. The molecule has 0 heterocycles. The van der Waals surface area contributed by atoms with Crippen LogP contribution in [0.3, 0.4) is 0 Å². The van der Waals surface area contributed by atoms with Crippen molar-refractivity contribution in [1.29, 1.82) is 0 Å². The first-order valence-electron chi connectivity index (χ1n) is 8.45. The minimum Gasteiger partial charge on any atom is -0.369 e. The zero-order valence-corrected chi connectivity index (χ0v) is 12.7. The number of hydrogen-bond donors (Lipinski definition) is 1. The summed E-state index contributed by atoms with van der Waals surface area (Å²) in [5, 5.41) is 3.53. The van der Waals surface area contributed by atoms with Gasteiger partial charge in [0, 0.05) is 12.6 Å². The van der Waals surface area contributed by atoms with E-state index in [0.717, 1.165) is 24.9 Å². The second kappa shape index (κ2) is 7.37. The molecule has 2 nitrogen and oxygen atoms in total. The largest absolute Gasteiger partial charge is 0.369 e. The van der Waals surface area contributed by atoms with E-state index in [9.17, 15) is 4.39 Å². The molecule has 0 bridgehead atoms. The highest BCUT2D eigenvalue weighted by molar-refractivity contribution is 5.19. The summed E-state index contributed by atoms with van der Waals surface area (Å²) >= 11 is 0. The number of halogens is 1. The van der Waals surface area contributed by atoms with E-state index in [1.54, 1.807) is 12.1 Å². The van der Waals surface area contributed by atoms with E-state index in [-0.39, 0.29) is 11.9 Å². The fourth-order valence-electron chi connectivity index (χ4n) is 3.12. The van der Waals surface area contributed by atoms with Crippen LogP contribution in [0, 0.1) is 5.82 Å². The Bertz CT molecular complexity index is 439. The molecule has 2 aliphatic carbocycles. The summed E-state index contributed by atoms with van der Waals surface area (Å²) in [7, 11) is 0. The summed E-state index contributed by atoms with van der Waals surface area (Å²) in [6, 6.07) is 7.54. The van der Waals surface area contributed by atoms with Crippen molar-refractivity contribution >= 4 is 0 Å². The molecule has 0 aliphatic heterocycles. The smallest absolute Gasteiger partial charge is 0.123 e. The molecule has 2 fully saturated rings. The summed E-state index contributed by atoms with van der Waals surface area (Å²) in [6.45, 7) is 0.796. The van der Waals surface area contributed by atoms with Gasteiger partial charge in [0.05, 0.1) is 12.2 Å². The van der Waals surface area contributed by atoms with Crippen molar-refractivity contribution in [3.05, 3.63) is 35.6 Å². The van der Waals surface area contributed by atoms with Gasteiger partial charge in [-0.3, -0.25) is 0 Å². The third-order valence-electron chi connectivity index (χ3n) is 4.55. The molecule has 0 saturated heterocycles. The molecule has 1 aromatic carbocycles. The van der Waals surface area contributed by atoms with E-state index in [1.165, 1.54) is 44.6 Å². The van der Waals surface area contributed by atoms with Crippen molar-refractivity contribution in [3.8, 4) is 0 Å². The van der Waals surface area contributed by atoms with Crippen LogP contribution in [-0.2, 0) is 4.74 Å². The van der Waals surface area contributed by atoms with Gasteiger partial charge >= 0.3 is 0 Å². The fourth-order valence-corrected chi connectivity index (χ4v) is 3.12. The Hall–Kier alpha value is -0.930. The average molecular weight is 291 g/mol. The van der Waals surface area contributed by atoms with Gasteiger partial charge in [0.1, 0.15) is 5.82 Å². The van der Waals surface area contributed by atoms with Gasteiger partial charge in [-0.1, -0.05) is 37.8 Å². The summed E-state index contributed by atoms with van der Waals surface area (Å²) < 4.78 is 19.9. The highest BCUT2D eigenvalue weighted by atomic mass is 19.1.